The fourth-order valence-electron chi connectivity index (χ4n) is 3.27. The molecule has 5 heteroatoms. The zero-order valence-corrected chi connectivity index (χ0v) is 14.2. The Morgan fingerprint density at radius 3 is 1.85 bits per heavy atom. The number of piperidine rings is 2. The molecule has 2 heterocycles. The van der Waals surface area contributed by atoms with E-state index in [1.165, 1.54) is 0 Å². The van der Waals surface area contributed by atoms with E-state index >= 15 is 0 Å². The summed E-state index contributed by atoms with van der Waals surface area (Å²) >= 11 is 0. The Bertz CT molecular complexity index is 412. The van der Waals surface area contributed by atoms with Crippen LogP contribution in [0.25, 0.3) is 0 Å². The lowest BCUT2D eigenvalue weighted by Gasteiger charge is -2.42. The van der Waals surface area contributed by atoms with Crippen LogP contribution in [0.2, 0.25) is 0 Å². The fourth-order valence-corrected chi connectivity index (χ4v) is 5.22. The van der Waals surface area contributed by atoms with Crippen LogP contribution >= 0.6 is 0 Å². The Balaban J connectivity index is 1.95. The predicted octanol–water partition coefficient (Wildman–Crippen LogP) is 2.31. The number of rotatable bonds is 2. The predicted molar refractivity (Wildman–Crippen MR) is 83.2 cm³/mol. The van der Waals surface area contributed by atoms with Crippen molar-refractivity contribution in [1.82, 2.24) is 9.21 Å². The van der Waals surface area contributed by atoms with Crippen molar-refractivity contribution < 1.29 is 8.42 Å². The van der Waals surface area contributed by atoms with Gasteiger partial charge in [0, 0.05) is 18.6 Å². The van der Waals surface area contributed by atoms with Gasteiger partial charge in [0.1, 0.15) is 0 Å². The van der Waals surface area contributed by atoms with E-state index in [2.05, 4.69) is 32.6 Å². The average molecular weight is 302 g/mol. The highest BCUT2D eigenvalue weighted by atomic mass is 32.2. The van der Waals surface area contributed by atoms with Gasteiger partial charge in [-0.2, -0.15) is 0 Å². The van der Waals surface area contributed by atoms with E-state index < -0.39 is 10.0 Å². The molecule has 2 aliphatic rings. The SMILES string of the molecule is CC1CCN(S(=O)(=O)C2CCN(C(C)(C)C)CC2)CC1. The first kappa shape index (κ1) is 16.2. The van der Waals surface area contributed by atoms with Crippen LogP contribution in [-0.4, -0.2) is 54.6 Å². The van der Waals surface area contributed by atoms with Gasteiger partial charge in [0.15, 0.2) is 0 Å². The lowest BCUT2D eigenvalue weighted by Crippen LogP contribution is -2.51. The first-order chi connectivity index (χ1) is 9.21. The number of nitrogens with zero attached hydrogens (tertiary/aromatic N) is 2. The van der Waals surface area contributed by atoms with Crippen LogP contribution in [0.4, 0.5) is 0 Å². The summed E-state index contributed by atoms with van der Waals surface area (Å²) in [5, 5.41) is -0.158. The van der Waals surface area contributed by atoms with Crippen molar-refractivity contribution in [2.24, 2.45) is 5.92 Å². The van der Waals surface area contributed by atoms with Gasteiger partial charge in [-0.25, -0.2) is 12.7 Å². The fraction of sp³-hybridized carbons (Fsp3) is 1.00. The minimum atomic E-state index is -3.07. The molecular weight excluding hydrogens is 272 g/mol. The maximum atomic E-state index is 12.7. The highest BCUT2D eigenvalue weighted by Gasteiger charge is 2.37. The maximum absolute atomic E-state index is 12.7. The number of hydrogen-bond acceptors (Lipinski definition) is 3. The second kappa shape index (κ2) is 5.93. The summed E-state index contributed by atoms with van der Waals surface area (Å²) in [6.07, 6.45) is 3.59. The second-order valence-corrected chi connectivity index (χ2v) is 9.70. The first-order valence-electron chi connectivity index (χ1n) is 7.95. The molecule has 2 rings (SSSR count). The molecule has 0 aromatic carbocycles. The Kier molecular flexibility index (Phi) is 4.82. The molecule has 2 fully saturated rings. The van der Waals surface area contributed by atoms with Gasteiger partial charge in [-0.1, -0.05) is 6.92 Å². The summed E-state index contributed by atoms with van der Waals surface area (Å²) in [5.41, 5.74) is 0.148. The molecule has 0 radical (unpaired) electrons. The maximum Gasteiger partial charge on any atom is 0.217 e. The largest absolute Gasteiger partial charge is 0.298 e. The first-order valence-corrected chi connectivity index (χ1v) is 9.45. The van der Waals surface area contributed by atoms with Crippen molar-refractivity contribution in [3.63, 3.8) is 0 Å². The Morgan fingerprint density at radius 2 is 1.40 bits per heavy atom. The van der Waals surface area contributed by atoms with Gasteiger partial charge in [-0.3, -0.25) is 4.90 Å². The molecule has 0 N–H and O–H groups in total. The zero-order chi connectivity index (χ0) is 15.0. The summed E-state index contributed by atoms with van der Waals surface area (Å²) in [4.78, 5) is 2.40. The zero-order valence-electron chi connectivity index (χ0n) is 13.4. The molecule has 4 nitrogen and oxygen atoms in total. The van der Waals surface area contributed by atoms with Crippen molar-refractivity contribution in [3.05, 3.63) is 0 Å². The van der Waals surface area contributed by atoms with Crippen LogP contribution in [0.3, 0.4) is 0 Å². The summed E-state index contributed by atoms with van der Waals surface area (Å²) in [7, 11) is -3.07. The number of hydrogen-bond donors (Lipinski definition) is 0. The van der Waals surface area contributed by atoms with E-state index in [-0.39, 0.29) is 10.8 Å². The van der Waals surface area contributed by atoms with E-state index in [9.17, 15) is 8.42 Å². The second-order valence-electron chi connectivity index (χ2n) is 7.48. The van der Waals surface area contributed by atoms with E-state index in [4.69, 9.17) is 0 Å². The molecule has 0 aromatic rings. The van der Waals surface area contributed by atoms with Gasteiger partial charge in [0.25, 0.3) is 0 Å². The van der Waals surface area contributed by atoms with E-state index in [0.29, 0.717) is 5.92 Å². The molecule has 0 unspecified atom stereocenters. The molecule has 0 aliphatic carbocycles. The molecule has 2 aliphatic heterocycles. The molecule has 20 heavy (non-hydrogen) atoms. The molecule has 0 bridgehead atoms. The minimum Gasteiger partial charge on any atom is -0.298 e. The molecule has 0 saturated carbocycles. The van der Waals surface area contributed by atoms with E-state index in [1.54, 1.807) is 4.31 Å². The topological polar surface area (TPSA) is 40.6 Å². The van der Waals surface area contributed by atoms with Gasteiger partial charge < -0.3 is 0 Å². The van der Waals surface area contributed by atoms with Crippen molar-refractivity contribution in [2.75, 3.05) is 26.2 Å². The van der Waals surface area contributed by atoms with Crippen molar-refractivity contribution >= 4 is 10.0 Å². The lowest BCUT2D eigenvalue weighted by atomic mass is 10.0. The summed E-state index contributed by atoms with van der Waals surface area (Å²) in [6, 6.07) is 0. The summed E-state index contributed by atoms with van der Waals surface area (Å²) < 4.78 is 27.2. The van der Waals surface area contributed by atoms with E-state index in [1.807, 2.05) is 0 Å². The standard InChI is InChI=1S/C15H30N2O2S/c1-13-5-11-17(12-6-13)20(18,19)14-7-9-16(10-8-14)15(2,3)4/h13-14H,5-12H2,1-4H3. The third-order valence-electron chi connectivity index (χ3n) is 4.91. The van der Waals surface area contributed by atoms with Crippen molar-refractivity contribution in [1.29, 1.82) is 0 Å². The van der Waals surface area contributed by atoms with Gasteiger partial charge in [-0.05, 0) is 65.5 Å². The van der Waals surface area contributed by atoms with Crippen LogP contribution in [0, 0.1) is 5.92 Å². The Hall–Kier alpha value is -0.130. The third-order valence-corrected chi connectivity index (χ3v) is 7.31. The molecule has 0 amide bonds. The molecule has 0 spiro atoms. The monoisotopic (exact) mass is 302 g/mol. The molecule has 2 saturated heterocycles. The molecular formula is C15H30N2O2S. The smallest absolute Gasteiger partial charge is 0.217 e. The Morgan fingerprint density at radius 1 is 0.900 bits per heavy atom. The highest BCUT2D eigenvalue weighted by molar-refractivity contribution is 7.89. The van der Waals surface area contributed by atoms with Crippen LogP contribution in [0.15, 0.2) is 0 Å². The Labute approximate surface area is 124 Å². The molecule has 0 aromatic heterocycles. The summed E-state index contributed by atoms with van der Waals surface area (Å²) in [6.45, 7) is 12.1. The van der Waals surface area contributed by atoms with Crippen LogP contribution in [-0.2, 0) is 10.0 Å². The van der Waals surface area contributed by atoms with E-state index in [0.717, 1.165) is 51.9 Å². The van der Waals surface area contributed by atoms with Crippen molar-refractivity contribution in [2.45, 2.75) is 64.2 Å². The lowest BCUT2D eigenvalue weighted by molar-refractivity contribution is 0.110. The highest BCUT2D eigenvalue weighted by Crippen LogP contribution is 2.28. The quantitative estimate of drug-likeness (QED) is 0.786. The van der Waals surface area contributed by atoms with Gasteiger partial charge in [0.2, 0.25) is 10.0 Å². The van der Waals surface area contributed by atoms with Gasteiger partial charge in [-0.15, -0.1) is 0 Å². The molecule has 118 valence electrons. The van der Waals surface area contributed by atoms with Gasteiger partial charge in [0.05, 0.1) is 5.25 Å². The third kappa shape index (κ3) is 3.55. The number of sulfonamides is 1. The average Bonchev–Trinajstić information content (AvgIpc) is 2.38. The van der Waals surface area contributed by atoms with Crippen LogP contribution < -0.4 is 0 Å². The normalized spacial score (nSPS) is 26.0. The van der Waals surface area contributed by atoms with Gasteiger partial charge >= 0.3 is 0 Å². The van der Waals surface area contributed by atoms with Crippen molar-refractivity contribution in [3.8, 4) is 0 Å². The van der Waals surface area contributed by atoms with Crippen LogP contribution in [0.5, 0.6) is 0 Å². The number of likely N-dealkylation sites (tertiary alicyclic amines) is 1. The molecule has 0 atom stereocenters. The van der Waals surface area contributed by atoms with Crippen LogP contribution in [0.1, 0.15) is 53.4 Å². The minimum absolute atomic E-state index is 0.148. The summed E-state index contributed by atoms with van der Waals surface area (Å²) in [5.74, 6) is 0.671.